The highest BCUT2D eigenvalue weighted by Crippen LogP contribution is 2.71. The molecule has 1 amide bonds. The van der Waals surface area contributed by atoms with Crippen LogP contribution in [-0.4, -0.2) is 49.9 Å². The van der Waals surface area contributed by atoms with Crippen LogP contribution in [0.3, 0.4) is 0 Å². The molecule has 2 heterocycles. The Hall–Kier alpha value is -1.76. The number of hydrogen-bond donors (Lipinski definition) is 0. The zero-order chi connectivity index (χ0) is 17.4. The van der Waals surface area contributed by atoms with Crippen molar-refractivity contribution in [2.75, 3.05) is 20.4 Å². The van der Waals surface area contributed by atoms with Gasteiger partial charge in [0.25, 0.3) is 5.91 Å². The molecule has 2 aromatic heterocycles. The largest absolute Gasteiger partial charge is 0.343 e. The van der Waals surface area contributed by atoms with Crippen molar-refractivity contribution in [1.29, 1.82) is 0 Å². The molecule has 1 unspecified atom stereocenters. The summed E-state index contributed by atoms with van der Waals surface area (Å²) in [5.74, 6) is 1.76. The van der Waals surface area contributed by atoms with E-state index in [4.69, 9.17) is 0 Å². The van der Waals surface area contributed by atoms with E-state index >= 15 is 0 Å². The van der Waals surface area contributed by atoms with Gasteiger partial charge in [0.2, 0.25) is 5.16 Å². The highest BCUT2D eigenvalue weighted by atomic mass is 32.2. The van der Waals surface area contributed by atoms with Crippen LogP contribution < -0.4 is 0 Å². The van der Waals surface area contributed by atoms with Gasteiger partial charge >= 0.3 is 0 Å². The minimum Gasteiger partial charge on any atom is -0.343 e. The summed E-state index contributed by atoms with van der Waals surface area (Å²) in [6.07, 6.45) is 4.34. The Labute approximate surface area is 143 Å². The fraction of sp³-hybridized carbons (Fsp3) is 0.588. The van der Waals surface area contributed by atoms with Gasteiger partial charge < -0.3 is 9.47 Å². The van der Waals surface area contributed by atoms with Gasteiger partial charge in [-0.3, -0.25) is 9.00 Å². The number of rotatable bonds is 3. The summed E-state index contributed by atoms with van der Waals surface area (Å²) in [6, 6.07) is 1.87. The van der Waals surface area contributed by atoms with Crippen LogP contribution in [-0.2, 0) is 16.3 Å². The maximum Gasteiger partial charge on any atom is 0.270 e. The molecule has 0 radical (unpaired) electrons. The first-order valence-electron chi connectivity index (χ1n) is 8.23. The number of aromatic nitrogens is 3. The molecule has 0 saturated heterocycles. The van der Waals surface area contributed by atoms with Crippen LogP contribution in [0, 0.1) is 17.8 Å². The van der Waals surface area contributed by atoms with E-state index in [1.807, 2.05) is 6.07 Å². The molecule has 0 aliphatic heterocycles. The second-order valence-corrected chi connectivity index (χ2v) is 8.66. The summed E-state index contributed by atoms with van der Waals surface area (Å²) in [6.45, 7) is 4.51. The van der Waals surface area contributed by atoms with Gasteiger partial charge in [0.15, 0.2) is 0 Å². The van der Waals surface area contributed by atoms with E-state index < -0.39 is 10.8 Å². The van der Waals surface area contributed by atoms with Crippen LogP contribution in [0.1, 0.15) is 30.8 Å². The predicted molar refractivity (Wildman–Crippen MR) is 92.3 cm³/mol. The molecule has 7 heteroatoms. The van der Waals surface area contributed by atoms with Gasteiger partial charge in [0.05, 0.1) is 16.3 Å². The minimum absolute atomic E-state index is 0.0312. The summed E-state index contributed by atoms with van der Waals surface area (Å²) in [4.78, 5) is 23.1. The molecule has 3 aliphatic carbocycles. The molecule has 128 valence electrons. The summed E-state index contributed by atoms with van der Waals surface area (Å²) in [5.41, 5.74) is 1.34. The van der Waals surface area contributed by atoms with Crippen LogP contribution in [0.25, 0.3) is 11.0 Å². The van der Waals surface area contributed by atoms with Gasteiger partial charge in [-0.2, -0.15) is 0 Å². The average molecular weight is 346 g/mol. The fourth-order valence-corrected chi connectivity index (χ4v) is 5.09. The van der Waals surface area contributed by atoms with Crippen LogP contribution in [0.5, 0.6) is 0 Å². The average Bonchev–Trinajstić information content (AvgIpc) is 2.90. The van der Waals surface area contributed by atoms with E-state index in [1.165, 1.54) is 0 Å². The molecule has 6 nitrogen and oxygen atoms in total. The molecule has 5 rings (SSSR count). The van der Waals surface area contributed by atoms with Crippen LogP contribution in [0.2, 0.25) is 0 Å². The highest BCUT2D eigenvalue weighted by Gasteiger charge is 2.70. The molecule has 3 aliphatic rings. The Bertz CT molecular complexity index is 878. The van der Waals surface area contributed by atoms with Gasteiger partial charge in [-0.15, -0.1) is 0 Å². The first-order valence-corrected chi connectivity index (χ1v) is 9.79. The van der Waals surface area contributed by atoms with Crippen LogP contribution >= 0.6 is 0 Å². The smallest absolute Gasteiger partial charge is 0.270 e. The minimum atomic E-state index is -1.25. The van der Waals surface area contributed by atoms with Crippen molar-refractivity contribution in [3.05, 3.63) is 18.0 Å². The van der Waals surface area contributed by atoms with Crippen molar-refractivity contribution < 1.29 is 9.00 Å². The predicted octanol–water partition coefficient (Wildman–Crippen LogP) is 1.87. The number of fused-ring (bicyclic) bond motifs is 1. The van der Waals surface area contributed by atoms with Crippen molar-refractivity contribution in [3.8, 4) is 0 Å². The third-order valence-corrected chi connectivity index (χ3v) is 6.95. The monoisotopic (exact) mass is 346 g/mol. The van der Waals surface area contributed by atoms with Gasteiger partial charge in [-0.1, -0.05) is 13.8 Å². The molecule has 3 fully saturated rings. The Morgan fingerprint density at radius 1 is 1.38 bits per heavy atom. The molecule has 3 atom stereocenters. The molecule has 0 aromatic carbocycles. The summed E-state index contributed by atoms with van der Waals surface area (Å²) in [5, 5.41) is 1.15. The van der Waals surface area contributed by atoms with E-state index in [0.717, 1.165) is 23.4 Å². The van der Waals surface area contributed by atoms with Crippen molar-refractivity contribution in [2.24, 2.45) is 17.8 Å². The maximum absolute atomic E-state index is 12.8. The van der Waals surface area contributed by atoms with E-state index in [9.17, 15) is 9.00 Å². The zero-order valence-electron chi connectivity index (χ0n) is 14.6. The first kappa shape index (κ1) is 15.7. The summed E-state index contributed by atoms with van der Waals surface area (Å²) < 4.78 is 13.9. The molecular weight excluding hydrogens is 324 g/mol. The Balaban J connectivity index is 2.00. The Kier molecular flexibility index (Phi) is 3.20. The standard InChI is InChI=1S/C17H22N4O2S/c1-9-12-7-17(9,10(12)2)21-13(15(22)20(3)4)6-11-8-18-16(24(5)23)19-14(11)21/h6,8-10,12H,7H2,1-5H3/t9-,10-,12?,17?,24?/m1/s1. The van der Waals surface area contributed by atoms with Crippen LogP contribution in [0.15, 0.2) is 17.4 Å². The highest BCUT2D eigenvalue weighted by molar-refractivity contribution is 7.84. The molecule has 0 N–H and O–H groups in total. The maximum atomic E-state index is 12.8. The normalized spacial score (nSPS) is 32.1. The lowest BCUT2D eigenvalue weighted by molar-refractivity contribution is -0.225. The molecule has 2 aromatic rings. The van der Waals surface area contributed by atoms with Crippen molar-refractivity contribution in [3.63, 3.8) is 0 Å². The third-order valence-electron chi connectivity index (χ3n) is 6.24. The van der Waals surface area contributed by atoms with Gasteiger partial charge in [0, 0.05) is 31.9 Å². The summed E-state index contributed by atoms with van der Waals surface area (Å²) >= 11 is 0. The SMILES string of the molecule is C[C@@H]1C2CC1(n1c(C(=O)N(C)C)cc3cnc(S(C)=O)nc31)[C@@H]2C. The fourth-order valence-electron chi connectivity index (χ4n) is 4.67. The lowest BCUT2D eigenvalue weighted by Crippen LogP contribution is -2.73. The second kappa shape index (κ2) is 4.88. The molecule has 0 spiro atoms. The first-order chi connectivity index (χ1) is 11.3. The second-order valence-electron chi connectivity index (χ2n) is 7.39. The molecule has 24 heavy (non-hydrogen) atoms. The van der Waals surface area contributed by atoms with Gasteiger partial charge in [-0.05, 0) is 30.2 Å². The number of carbonyl (C=O) groups is 1. The van der Waals surface area contributed by atoms with Gasteiger partial charge in [0.1, 0.15) is 11.3 Å². The molecule has 2 bridgehead atoms. The quantitative estimate of drug-likeness (QED) is 0.796. The lowest BCUT2D eigenvalue weighted by Gasteiger charge is -2.73. The van der Waals surface area contributed by atoms with Crippen LogP contribution in [0.4, 0.5) is 0 Å². The Morgan fingerprint density at radius 3 is 2.54 bits per heavy atom. The lowest BCUT2D eigenvalue weighted by atomic mass is 9.36. The van der Waals surface area contributed by atoms with Crippen molar-refractivity contribution in [1.82, 2.24) is 19.4 Å². The van der Waals surface area contributed by atoms with E-state index in [1.54, 1.807) is 31.4 Å². The molecule has 3 saturated carbocycles. The van der Waals surface area contributed by atoms with Gasteiger partial charge in [-0.25, -0.2) is 9.97 Å². The number of hydrogen-bond acceptors (Lipinski definition) is 4. The zero-order valence-corrected chi connectivity index (χ0v) is 15.4. The van der Waals surface area contributed by atoms with Crippen molar-refractivity contribution >= 4 is 27.7 Å². The number of nitrogens with zero attached hydrogens (tertiary/aromatic N) is 4. The third kappa shape index (κ3) is 1.71. The van der Waals surface area contributed by atoms with Crippen molar-refractivity contribution in [2.45, 2.75) is 31.0 Å². The van der Waals surface area contributed by atoms with E-state index in [-0.39, 0.29) is 11.4 Å². The number of carbonyl (C=O) groups excluding carboxylic acids is 1. The van der Waals surface area contributed by atoms with E-state index in [2.05, 4.69) is 28.4 Å². The Morgan fingerprint density at radius 2 is 2.04 bits per heavy atom. The molecular formula is C17H22N4O2S. The topological polar surface area (TPSA) is 68.1 Å². The summed E-state index contributed by atoms with van der Waals surface area (Å²) in [7, 11) is 2.27. The number of amides is 1. The van der Waals surface area contributed by atoms with E-state index in [0.29, 0.717) is 22.7 Å².